The summed E-state index contributed by atoms with van der Waals surface area (Å²) in [7, 11) is 0. The molecule has 9 heteroatoms. The van der Waals surface area contributed by atoms with E-state index in [4.69, 9.17) is 0 Å². The van der Waals surface area contributed by atoms with Crippen molar-refractivity contribution in [1.29, 1.82) is 0 Å². The number of halogens is 1. The molecule has 1 aromatic heterocycles. The molecule has 0 atom stereocenters. The zero-order chi connectivity index (χ0) is 19.0. The maximum atomic E-state index is 12.4. The standard InChI is InChI=1S/C18H11BrN4O3S/c19-11-7-5-10(6-8-11)15(24)20-18-22-21-14(27-18)9-23-16(25)12-3-1-2-4-13(12)17(23)26/h1-8H,9H2,(H,20,22,24). The van der Waals surface area contributed by atoms with Gasteiger partial charge in [0.2, 0.25) is 5.13 Å². The zero-order valence-corrected chi connectivity index (χ0v) is 16.1. The molecule has 1 aliphatic rings. The van der Waals surface area contributed by atoms with Crippen LogP contribution in [0, 0.1) is 0 Å². The number of nitrogens with zero attached hydrogens (tertiary/aromatic N) is 3. The predicted molar refractivity (Wildman–Crippen MR) is 103 cm³/mol. The fourth-order valence-electron chi connectivity index (χ4n) is 2.66. The molecule has 0 spiro atoms. The first-order valence-electron chi connectivity index (χ1n) is 7.87. The van der Waals surface area contributed by atoms with Gasteiger partial charge in [0.15, 0.2) is 0 Å². The number of benzene rings is 2. The van der Waals surface area contributed by atoms with Crippen molar-refractivity contribution in [3.8, 4) is 0 Å². The third-order valence-corrected chi connectivity index (χ3v) is 5.32. The molecule has 0 saturated carbocycles. The summed E-state index contributed by atoms with van der Waals surface area (Å²) in [6.45, 7) is 0.0121. The van der Waals surface area contributed by atoms with Gasteiger partial charge in [-0.25, -0.2) is 0 Å². The van der Waals surface area contributed by atoms with Crippen LogP contribution >= 0.6 is 27.3 Å². The van der Waals surface area contributed by atoms with Crippen molar-refractivity contribution in [3.63, 3.8) is 0 Å². The summed E-state index contributed by atoms with van der Waals surface area (Å²) in [5.74, 6) is -1.02. The smallest absolute Gasteiger partial charge is 0.261 e. The average Bonchev–Trinajstić information content (AvgIpc) is 3.21. The number of aromatic nitrogens is 2. The number of rotatable bonds is 4. The predicted octanol–water partition coefficient (Wildman–Crippen LogP) is 3.35. The quantitative estimate of drug-likeness (QED) is 0.625. The lowest BCUT2D eigenvalue weighted by molar-refractivity contribution is 0.0641. The molecule has 0 aliphatic carbocycles. The van der Waals surface area contributed by atoms with Crippen molar-refractivity contribution in [2.24, 2.45) is 0 Å². The molecule has 1 N–H and O–H groups in total. The number of amides is 3. The number of nitrogens with one attached hydrogen (secondary N) is 1. The largest absolute Gasteiger partial charge is 0.296 e. The minimum absolute atomic E-state index is 0.0121. The molecule has 3 amide bonds. The Labute approximate surface area is 166 Å². The first kappa shape index (κ1) is 17.5. The lowest BCUT2D eigenvalue weighted by Gasteiger charge is -2.10. The van der Waals surface area contributed by atoms with Crippen LogP contribution in [0.2, 0.25) is 0 Å². The van der Waals surface area contributed by atoms with Crippen LogP contribution in [0.5, 0.6) is 0 Å². The summed E-state index contributed by atoms with van der Waals surface area (Å²) >= 11 is 4.43. The molecule has 0 fully saturated rings. The van der Waals surface area contributed by atoms with E-state index in [1.165, 1.54) is 0 Å². The highest BCUT2D eigenvalue weighted by atomic mass is 79.9. The van der Waals surface area contributed by atoms with Gasteiger partial charge < -0.3 is 0 Å². The van der Waals surface area contributed by atoms with Crippen LogP contribution in [0.1, 0.15) is 36.1 Å². The normalized spacial score (nSPS) is 13.0. The van der Waals surface area contributed by atoms with E-state index in [9.17, 15) is 14.4 Å². The lowest BCUT2D eigenvalue weighted by atomic mass is 10.1. The molecule has 134 valence electrons. The van der Waals surface area contributed by atoms with Crippen LogP contribution in [-0.2, 0) is 6.54 Å². The summed E-state index contributed by atoms with van der Waals surface area (Å²) in [4.78, 5) is 38.1. The highest BCUT2D eigenvalue weighted by Gasteiger charge is 2.35. The topological polar surface area (TPSA) is 92.3 Å². The Morgan fingerprint density at radius 3 is 2.26 bits per heavy atom. The molecule has 0 unspecified atom stereocenters. The van der Waals surface area contributed by atoms with Gasteiger partial charge in [0.05, 0.1) is 17.7 Å². The van der Waals surface area contributed by atoms with E-state index in [-0.39, 0.29) is 24.3 Å². The van der Waals surface area contributed by atoms with Gasteiger partial charge in [0, 0.05) is 10.0 Å². The maximum Gasteiger partial charge on any atom is 0.261 e. The summed E-state index contributed by atoms with van der Waals surface area (Å²) in [6, 6.07) is 13.6. The fourth-order valence-corrected chi connectivity index (χ4v) is 3.64. The number of imide groups is 1. The van der Waals surface area contributed by atoms with E-state index in [1.54, 1.807) is 48.5 Å². The van der Waals surface area contributed by atoms with Crippen molar-refractivity contribution in [2.75, 3.05) is 5.32 Å². The van der Waals surface area contributed by atoms with Crippen LogP contribution in [0.4, 0.5) is 5.13 Å². The lowest BCUT2D eigenvalue weighted by Crippen LogP contribution is -2.29. The SMILES string of the molecule is O=C(Nc1nnc(CN2C(=O)c3ccccc3C2=O)s1)c1ccc(Br)cc1. The number of fused-ring (bicyclic) bond motifs is 1. The molecule has 1 aliphatic heterocycles. The van der Waals surface area contributed by atoms with Crippen molar-refractivity contribution < 1.29 is 14.4 Å². The van der Waals surface area contributed by atoms with Gasteiger partial charge in [-0.05, 0) is 36.4 Å². The molecule has 0 bridgehead atoms. The summed E-state index contributed by atoms with van der Waals surface area (Å²) in [6.07, 6.45) is 0. The summed E-state index contributed by atoms with van der Waals surface area (Å²) in [5.41, 5.74) is 1.25. The highest BCUT2D eigenvalue weighted by molar-refractivity contribution is 9.10. The molecule has 0 radical (unpaired) electrons. The van der Waals surface area contributed by atoms with Gasteiger partial charge in [-0.1, -0.05) is 39.4 Å². The second-order valence-corrected chi connectivity index (χ2v) is 7.68. The third-order valence-electron chi connectivity index (χ3n) is 3.97. The van der Waals surface area contributed by atoms with E-state index in [2.05, 4.69) is 31.4 Å². The first-order chi connectivity index (χ1) is 13.0. The number of hydrogen-bond acceptors (Lipinski definition) is 6. The van der Waals surface area contributed by atoms with Gasteiger partial charge in [0.25, 0.3) is 17.7 Å². The number of hydrogen-bond donors (Lipinski definition) is 1. The minimum atomic E-state index is -0.355. The Bertz CT molecular complexity index is 1030. The van der Waals surface area contributed by atoms with Gasteiger partial charge in [-0.2, -0.15) is 0 Å². The number of carbonyl (C=O) groups excluding carboxylic acids is 3. The van der Waals surface area contributed by atoms with Crippen LogP contribution < -0.4 is 5.32 Å². The van der Waals surface area contributed by atoms with Gasteiger partial charge in [-0.15, -0.1) is 10.2 Å². The molecule has 4 rings (SSSR count). The van der Waals surface area contributed by atoms with Crippen molar-refractivity contribution in [1.82, 2.24) is 15.1 Å². The Balaban J connectivity index is 1.46. The van der Waals surface area contributed by atoms with Gasteiger partial charge >= 0.3 is 0 Å². The van der Waals surface area contributed by atoms with E-state index < -0.39 is 0 Å². The van der Waals surface area contributed by atoms with Gasteiger partial charge in [-0.3, -0.25) is 24.6 Å². The Kier molecular flexibility index (Phi) is 4.54. The second kappa shape index (κ2) is 7.01. The average molecular weight is 443 g/mol. The van der Waals surface area contributed by atoms with Crippen molar-refractivity contribution >= 4 is 50.1 Å². The van der Waals surface area contributed by atoms with Crippen LogP contribution in [0.15, 0.2) is 53.0 Å². The highest BCUT2D eigenvalue weighted by Crippen LogP contribution is 2.26. The van der Waals surface area contributed by atoms with Crippen molar-refractivity contribution in [2.45, 2.75) is 6.54 Å². The van der Waals surface area contributed by atoms with Crippen LogP contribution in [0.3, 0.4) is 0 Å². The number of carbonyl (C=O) groups is 3. The summed E-state index contributed by atoms with van der Waals surface area (Å²) < 4.78 is 0.873. The monoisotopic (exact) mass is 442 g/mol. The molecule has 3 aromatic rings. The Morgan fingerprint density at radius 1 is 1.00 bits per heavy atom. The molecule has 2 heterocycles. The molecular formula is C18H11BrN4O3S. The molecular weight excluding hydrogens is 432 g/mol. The number of anilines is 1. The zero-order valence-electron chi connectivity index (χ0n) is 13.7. The minimum Gasteiger partial charge on any atom is -0.296 e. The fraction of sp³-hybridized carbons (Fsp3) is 0.0556. The van der Waals surface area contributed by atoms with E-state index in [0.29, 0.717) is 26.8 Å². The van der Waals surface area contributed by atoms with Crippen LogP contribution in [-0.4, -0.2) is 32.8 Å². The second-order valence-electron chi connectivity index (χ2n) is 5.70. The van der Waals surface area contributed by atoms with Crippen LogP contribution in [0.25, 0.3) is 0 Å². The van der Waals surface area contributed by atoms with E-state index in [0.717, 1.165) is 20.7 Å². The molecule has 2 aromatic carbocycles. The Morgan fingerprint density at radius 2 is 1.63 bits per heavy atom. The maximum absolute atomic E-state index is 12.4. The molecule has 27 heavy (non-hydrogen) atoms. The van der Waals surface area contributed by atoms with Gasteiger partial charge in [0.1, 0.15) is 5.01 Å². The summed E-state index contributed by atoms with van der Waals surface area (Å²) in [5, 5.41) is 11.3. The Hall–Kier alpha value is -2.91. The van der Waals surface area contributed by atoms with E-state index in [1.807, 2.05) is 0 Å². The molecule has 7 nitrogen and oxygen atoms in total. The first-order valence-corrected chi connectivity index (χ1v) is 9.48. The third kappa shape index (κ3) is 3.38. The molecule has 0 saturated heterocycles. The van der Waals surface area contributed by atoms with Crippen molar-refractivity contribution in [3.05, 3.63) is 74.7 Å². The van der Waals surface area contributed by atoms with E-state index >= 15 is 0 Å².